The molecule has 0 saturated heterocycles. The van der Waals surface area contributed by atoms with E-state index >= 15 is 0 Å². The third-order valence-electron chi connectivity index (χ3n) is 4.27. The first-order valence-electron chi connectivity index (χ1n) is 8.05. The average Bonchev–Trinajstić information content (AvgIpc) is 3.14. The number of hydrogen-bond acceptors (Lipinski definition) is 2. The number of hydrogen-bond donors (Lipinski definition) is 1. The average molecular weight is 283 g/mol. The summed E-state index contributed by atoms with van der Waals surface area (Å²) in [5.41, 5.74) is 4.33. The highest BCUT2D eigenvalue weighted by molar-refractivity contribution is 5.57. The fraction of sp³-hybridized carbons (Fsp3) is 0.444. The van der Waals surface area contributed by atoms with Crippen molar-refractivity contribution < 1.29 is 0 Å². The van der Waals surface area contributed by atoms with Crippen LogP contribution in [0.1, 0.15) is 24.5 Å². The Balaban J connectivity index is 1.37. The van der Waals surface area contributed by atoms with Crippen molar-refractivity contribution in [3.63, 3.8) is 0 Å². The van der Waals surface area contributed by atoms with Crippen LogP contribution in [0.5, 0.6) is 0 Å². The van der Waals surface area contributed by atoms with Gasteiger partial charge in [0.05, 0.1) is 0 Å². The molecule has 3 heteroatoms. The van der Waals surface area contributed by atoms with Crippen molar-refractivity contribution in [2.24, 2.45) is 0 Å². The van der Waals surface area contributed by atoms with Gasteiger partial charge in [0.1, 0.15) is 0 Å². The van der Waals surface area contributed by atoms with E-state index in [1.54, 1.807) is 0 Å². The Morgan fingerprint density at radius 3 is 2.95 bits per heavy atom. The van der Waals surface area contributed by atoms with E-state index in [1.807, 2.05) is 0 Å². The van der Waals surface area contributed by atoms with Gasteiger partial charge in [-0.05, 0) is 49.6 Å². The minimum absolute atomic E-state index is 0.976. The van der Waals surface area contributed by atoms with E-state index in [1.165, 1.54) is 36.2 Å². The van der Waals surface area contributed by atoms with Crippen molar-refractivity contribution >= 4 is 5.69 Å². The molecule has 2 aromatic rings. The van der Waals surface area contributed by atoms with Gasteiger partial charge in [-0.15, -0.1) is 0 Å². The Bertz CT molecular complexity index is 573. The largest absolute Gasteiger partial charge is 0.371 e. The van der Waals surface area contributed by atoms with E-state index in [2.05, 4.69) is 64.4 Å². The lowest BCUT2D eigenvalue weighted by atomic mass is 10.2. The van der Waals surface area contributed by atoms with Gasteiger partial charge in [-0.1, -0.05) is 18.2 Å². The molecule has 0 amide bonds. The van der Waals surface area contributed by atoms with E-state index in [0.717, 1.165) is 26.2 Å². The van der Waals surface area contributed by atoms with Gasteiger partial charge in [-0.3, -0.25) is 0 Å². The maximum Gasteiger partial charge on any atom is 0.0399 e. The van der Waals surface area contributed by atoms with Crippen LogP contribution in [-0.4, -0.2) is 24.2 Å². The highest BCUT2D eigenvalue weighted by atomic mass is 15.1. The number of aromatic nitrogens is 1. The van der Waals surface area contributed by atoms with Crippen molar-refractivity contribution in [3.8, 4) is 0 Å². The van der Waals surface area contributed by atoms with Gasteiger partial charge in [0.15, 0.2) is 0 Å². The minimum Gasteiger partial charge on any atom is -0.371 e. The second kappa shape index (κ2) is 6.81. The number of anilines is 1. The topological polar surface area (TPSA) is 20.2 Å². The highest BCUT2D eigenvalue weighted by Gasteiger charge is 2.17. The first-order chi connectivity index (χ1) is 10.4. The maximum absolute atomic E-state index is 3.55. The van der Waals surface area contributed by atoms with E-state index < -0.39 is 0 Å². The number of aryl methyl sites for hydroxylation is 1. The molecule has 0 aliphatic carbocycles. The minimum atomic E-state index is 0.976. The number of rotatable bonds is 7. The molecule has 3 nitrogen and oxygen atoms in total. The van der Waals surface area contributed by atoms with Crippen LogP contribution in [-0.2, 0) is 19.5 Å². The molecular weight excluding hydrogens is 258 g/mol. The summed E-state index contributed by atoms with van der Waals surface area (Å²) >= 11 is 0. The Hall–Kier alpha value is -1.74. The van der Waals surface area contributed by atoms with Crippen LogP contribution in [0, 0.1) is 0 Å². The van der Waals surface area contributed by atoms with Crippen LogP contribution in [0.15, 0.2) is 42.7 Å². The normalized spacial score (nSPS) is 13.7. The van der Waals surface area contributed by atoms with Crippen LogP contribution in [0.2, 0.25) is 0 Å². The fourth-order valence-electron chi connectivity index (χ4n) is 3.06. The predicted octanol–water partition coefficient (Wildman–Crippen LogP) is 3.05. The Kier molecular flexibility index (Phi) is 4.61. The molecule has 0 spiro atoms. The first kappa shape index (κ1) is 14.2. The molecule has 1 aromatic carbocycles. The monoisotopic (exact) mass is 283 g/mol. The second-order valence-electron chi connectivity index (χ2n) is 5.75. The lowest BCUT2D eigenvalue weighted by Gasteiger charge is -2.19. The molecule has 1 aliphatic heterocycles. The highest BCUT2D eigenvalue weighted by Crippen LogP contribution is 2.27. The summed E-state index contributed by atoms with van der Waals surface area (Å²) in [6, 6.07) is 11.0. The molecule has 0 unspecified atom stereocenters. The van der Waals surface area contributed by atoms with Gasteiger partial charge < -0.3 is 14.8 Å². The summed E-state index contributed by atoms with van der Waals surface area (Å²) in [6.45, 7) is 7.61. The standard InChI is InChI=1S/C18H25N3/c1-2-20-12-8-16(15-20)14-19-10-5-11-21-13-9-17-6-3-4-7-18(17)21/h3-4,6-8,12,15,19H,2,5,9-11,13-14H2,1H3. The number of para-hydroxylation sites is 1. The summed E-state index contributed by atoms with van der Waals surface area (Å²) in [5, 5.41) is 3.55. The van der Waals surface area contributed by atoms with Crippen molar-refractivity contribution in [2.45, 2.75) is 32.9 Å². The van der Waals surface area contributed by atoms with Gasteiger partial charge in [-0.25, -0.2) is 0 Å². The summed E-state index contributed by atoms with van der Waals surface area (Å²) in [6.07, 6.45) is 6.78. The van der Waals surface area contributed by atoms with Crippen LogP contribution < -0.4 is 10.2 Å². The van der Waals surface area contributed by atoms with Gasteiger partial charge in [0.25, 0.3) is 0 Å². The molecule has 0 fully saturated rings. The number of nitrogens with zero attached hydrogens (tertiary/aromatic N) is 2. The van der Waals surface area contributed by atoms with Crippen molar-refractivity contribution in [1.29, 1.82) is 0 Å². The van der Waals surface area contributed by atoms with Crippen LogP contribution in [0.4, 0.5) is 5.69 Å². The SMILES string of the molecule is CCn1ccc(CNCCCN2CCc3ccccc32)c1. The zero-order chi connectivity index (χ0) is 14.5. The molecule has 0 saturated carbocycles. The predicted molar refractivity (Wildman–Crippen MR) is 88.8 cm³/mol. The zero-order valence-electron chi connectivity index (χ0n) is 12.9. The maximum atomic E-state index is 3.55. The molecule has 1 N–H and O–H groups in total. The lowest BCUT2D eigenvalue weighted by Crippen LogP contribution is -2.25. The zero-order valence-corrected chi connectivity index (χ0v) is 12.9. The summed E-state index contributed by atoms with van der Waals surface area (Å²) < 4.78 is 2.22. The van der Waals surface area contributed by atoms with Crippen molar-refractivity contribution in [2.75, 3.05) is 24.5 Å². The Morgan fingerprint density at radius 1 is 1.19 bits per heavy atom. The summed E-state index contributed by atoms with van der Waals surface area (Å²) in [5.74, 6) is 0. The van der Waals surface area contributed by atoms with E-state index in [4.69, 9.17) is 0 Å². The molecule has 0 atom stereocenters. The van der Waals surface area contributed by atoms with Gasteiger partial charge in [0, 0.05) is 44.3 Å². The fourth-order valence-corrected chi connectivity index (χ4v) is 3.06. The molecule has 1 aliphatic rings. The molecule has 0 bridgehead atoms. The first-order valence-corrected chi connectivity index (χ1v) is 8.05. The number of benzene rings is 1. The third-order valence-corrected chi connectivity index (χ3v) is 4.27. The van der Waals surface area contributed by atoms with Crippen molar-refractivity contribution in [1.82, 2.24) is 9.88 Å². The Labute approximate surface area is 127 Å². The molecule has 1 aromatic heterocycles. The number of nitrogens with one attached hydrogen (secondary N) is 1. The molecular formula is C18H25N3. The second-order valence-corrected chi connectivity index (χ2v) is 5.75. The molecule has 21 heavy (non-hydrogen) atoms. The van der Waals surface area contributed by atoms with Gasteiger partial charge in [-0.2, -0.15) is 0 Å². The van der Waals surface area contributed by atoms with E-state index in [9.17, 15) is 0 Å². The number of fused-ring (bicyclic) bond motifs is 1. The van der Waals surface area contributed by atoms with Gasteiger partial charge in [0.2, 0.25) is 0 Å². The van der Waals surface area contributed by atoms with Crippen molar-refractivity contribution in [3.05, 3.63) is 53.9 Å². The Morgan fingerprint density at radius 2 is 2.10 bits per heavy atom. The smallest absolute Gasteiger partial charge is 0.0399 e. The summed E-state index contributed by atoms with van der Waals surface area (Å²) in [7, 11) is 0. The third kappa shape index (κ3) is 3.48. The van der Waals surface area contributed by atoms with Crippen LogP contribution in [0.3, 0.4) is 0 Å². The molecule has 0 radical (unpaired) electrons. The van der Waals surface area contributed by atoms with Crippen LogP contribution >= 0.6 is 0 Å². The van der Waals surface area contributed by atoms with Crippen LogP contribution in [0.25, 0.3) is 0 Å². The lowest BCUT2D eigenvalue weighted by molar-refractivity contribution is 0.637. The molecule has 2 heterocycles. The van der Waals surface area contributed by atoms with Gasteiger partial charge >= 0.3 is 0 Å². The molecule has 112 valence electrons. The summed E-state index contributed by atoms with van der Waals surface area (Å²) in [4.78, 5) is 2.52. The van der Waals surface area contributed by atoms with E-state index in [-0.39, 0.29) is 0 Å². The molecule has 3 rings (SSSR count). The van der Waals surface area contributed by atoms with E-state index in [0.29, 0.717) is 0 Å². The quantitative estimate of drug-likeness (QED) is 0.788.